The maximum absolute atomic E-state index is 12.0. The summed E-state index contributed by atoms with van der Waals surface area (Å²) in [6.07, 6.45) is 9.02. The number of nitrogens with one attached hydrogen (secondary N) is 2. The summed E-state index contributed by atoms with van der Waals surface area (Å²) in [5.74, 6) is 0.954. The van der Waals surface area contributed by atoms with Crippen LogP contribution < -0.4 is 10.6 Å². The highest BCUT2D eigenvalue weighted by Crippen LogP contribution is 2.26. The van der Waals surface area contributed by atoms with E-state index in [-0.39, 0.29) is 12.1 Å². The third kappa shape index (κ3) is 4.22. The quantitative estimate of drug-likeness (QED) is 0.825. The van der Waals surface area contributed by atoms with E-state index in [1.807, 2.05) is 4.57 Å². The topological polar surface area (TPSA) is 75.1 Å². The Morgan fingerprint density at radius 3 is 2.96 bits per heavy atom. The fourth-order valence-corrected chi connectivity index (χ4v) is 3.77. The predicted molar refractivity (Wildman–Crippen MR) is 88.2 cm³/mol. The summed E-state index contributed by atoms with van der Waals surface area (Å²) in [6.45, 7) is 5.48. The monoisotopic (exact) mass is 320 g/mol. The van der Waals surface area contributed by atoms with Crippen LogP contribution in [-0.2, 0) is 13.0 Å². The molecule has 7 nitrogen and oxygen atoms in total. The number of aromatic nitrogens is 3. The summed E-state index contributed by atoms with van der Waals surface area (Å²) in [6, 6.07) is 0.983. The zero-order valence-electron chi connectivity index (χ0n) is 14.0. The third-order valence-electron chi connectivity index (χ3n) is 5.05. The van der Waals surface area contributed by atoms with Gasteiger partial charge in [-0.05, 0) is 19.3 Å². The Kier molecular flexibility index (Phi) is 5.48. The molecule has 0 aromatic carbocycles. The normalized spacial score (nSPS) is 22.6. The number of hydrogen-bond donors (Lipinski definition) is 2. The third-order valence-corrected chi connectivity index (χ3v) is 5.05. The summed E-state index contributed by atoms with van der Waals surface area (Å²) in [7, 11) is 0. The first-order valence-electron chi connectivity index (χ1n) is 8.91. The smallest absolute Gasteiger partial charge is 0.315 e. The molecule has 1 aromatic heterocycles. The van der Waals surface area contributed by atoms with Crippen molar-refractivity contribution in [2.45, 2.75) is 64.1 Å². The zero-order chi connectivity index (χ0) is 16.1. The standard InChI is InChI=1S/C16H28N6O/c1-2-15-20-18-12-22(15)10-8-17-16(23)19-13-7-9-21(11-13)14-5-3-4-6-14/h12-14H,2-11H2,1H3,(H2,17,19,23)/t13-/m0/s1. The van der Waals surface area contributed by atoms with Crippen LogP contribution in [0.25, 0.3) is 0 Å². The number of hydrogen-bond acceptors (Lipinski definition) is 4. The molecule has 0 bridgehead atoms. The van der Waals surface area contributed by atoms with Gasteiger partial charge >= 0.3 is 6.03 Å². The molecule has 1 aliphatic heterocycles. The number of likely N-dealkylation sites (tertiary alicyclic amines) is 1. The Hall–Kier alpha value is -1.63. The number of aryl methyl sites for hydroxylation is 1. The van der Waals surface area contributed by atoms with Gasteiger partial charge in [0.2, 0.25) is 0 Å². The van der Waals surface area contributed by atoms with Crippen molar-refractivity contribution in [3.8, 4) is 0 Å². The second kappa shape index (κ2) is 7.77. The second-order valence-corrected chi connectivity index (χ2v) is 6.61. The van der Waals surface area contributed by atoms with Crippen LogP contribution in [0.15, 0.2) is 6.33 Å². The number of amides is 2. The van der Waals surface area contributed by atoms with Crippen LogP contribution >= 0.6 is 0 Å². The molecule has 2 N–H and O–H groups in total. The first kappa shape index (κ1) is 16.2. The van der Waals surface area contributed by atoms with Gasteiger partial charge in [-0.2, -0.15) is 0 Å². The number of carbonyl (C=O) groups excluding carboxylic acids is 1. The van der Waals surface area contributed by atoms with Crippen molar-refractivity contribution in [3.05, 3.63) is 12.2 Å². The molecule has 3 rings (SSSR count). The molecular weight excluding hydrogens is 292 g/mol. The van der Waals surface area contributed by atoms with Crippen molar-refractivity contribution < 1.29 is 4.79 Å². The number of carbonyl (C=O) groups is 1. The van der Waals surface area contributed by atoms with Gasteiger partial charge < -0.3 is 15.2 Å². The molecule has 2 aliphatic rings. The van der Waals surface area contributed by atoms with Gasteiger partial charge in [-0.15, -0.1) is 10.2 Å². The van der Waals surface area contributed by atoms with Crippen molar-refractivity contribution in [2.24, 2.45) is 0 Å². The Bertz CT molecular complexity index is 510. The lowest BCUT2D eigenvalue weighted by molar-refractivity contribution is 0.227. The van der Waals surface area contributed by atoms with Gasteiger partial charge in [-0.3, -0.25) is 4.90 Å². The van der Waals surface area contributed by atoms with E-state index in [2.05, 4.69) is 32.7 Å². The molecule has 1 aromatic rings. The minimum atomic E-state index is -0.0607. The first-order valence-corrected chi connectivity index (χ1v) is 8.91. The Labute approximate surface area is 137 Å². The van der Waals surface area contributed by atoms with Crippen molar-refractivity contribution >= 4 is 6.03 Å². The van der Waals surface area contributed by atoms with E-state index in [9.17, 15) is 4.79 Å². The van der Waals surface area contributed by atoms with E-state index in [0.717, 1.165) is 37.8 Å². The molecule has 2 heterocycles. The molecule has 23 heavy (non-hydrogen) atoms. The number of urea groups is 1. The van der Waals surface area contributed by atoms with Gasteiger partial charge in [0.05, 0.1) is 0 Å². The molecule has 1 saturated heterocycles. The number of rotatable bonds is 6. The van der Waals surface area contributed by atoms with Crippen LogP contribution in [0.5, 0.6) is 0 Å². The molecule has 7 heteroatoms. The molecule has 0 unspecified atom stereocenters. The summed E-state index contributed by atoms with van der Waals surface area (Å²) < 4.78 is 1.98. The van der Waals surface area contributed by atoms with Crippen LogP contribution in [0.1, 0.15) is 44.9 Å². The lowest BCUT2D eigenvalue weighted by atomic mass is 10.2. The van der Waals surface area contributed by atoms with Gasteiger partial charge in [-0.25, -0.2) is 4.79 Å². The molecule has 0 spiro atoms. The van der Waals surface area contributed by atoms with Crippen LogP contribution in [0, 0.1) is 0 Å². The van der Waals surface area contributed by atoms with Crippen molar-refractivity contribution in [2.75, 3.05) is 19.6 Å². The molecule has 1 atom stereocenters. The van der Waals surface area contributed by atoms with Gasteiger partial charge in [0.25, 0.3) is 0 Å². The molecule has 128 valence electrons. The predicted octanol–water partition coefficient (Wildman–Crippen LogP) is 1.16. The Balaban J connectivity index is 1.35. The molecule has 1 aliphatic carbocycles. The molecule has 1 saturated carbocycles. The minimum absolute atomic E-state index is 0.0607. The second-order valence-electron chi connectivity index (χ2n) is 6.61. The van der Waals surface area contributed by atoms with Gasteiger partial charge in [0.15, 0.2) is 0 Å². The highest BCUT2D eigenvalue weighted by Gasteiger charge is 2.30. The van der Waals surface area contributed by atoms with Crippen LogP contribution in [0.2, 0.25) is 0 Å². The van der Waals surface area contributed by atoms with Gasteiger partial charge in [-0.1, -0.05) is 19.8 Å². The molecular formula is C16H28N6O. The maximum Gasteiger partial charge on any atom is 0.315 e. The van der Waals surface area contributed by atoms with E-state index in [0.29, 0.717) is 13.1 Å². The Morgan fingerprint density at radius 2 is 2.17 bits per heavy atom. The summed E-state index contributed by atoms with van der Waals surface area (Å²) in [5, 5.41) is 14.0. The Morgan fingerprint density at radius 1 is 1.35 bits per heavy atom. The largest absolute Gasteiger partial charge is 0.336 e. The molecule has 2 amide bonds. The van der Waals surface area contributed by atoms with E-state index >= 15 is 0 Å². The van der Waals surface area contributed by atoms with Gasteiger partial charge in [0, 0.05) is 44.7 Å². The molecule has 0 radical (unpaired) electrons. The van der Waals surface area contributed by atoms with E-state index in [1.165, 1.54) is 25.7 Å². The maximum atomic E-state index is 12.0. The average molecular weight is 320 g/mol. The van der Waals surface area contributed by atoms with E-state index in [1.54, 1.807) is 6.33 Å². The van der Waals surface area contributed by atoms with Gasteiger partial charge in [0.1, 0.15) is 12.2 Å². The highest BCUT2D eigenvalue weighted by molar-refractivity contribution is 5.74. The minimum Gasteiger partial charge on any atom is -0.336 e. The van der Waals surface area contributed by atoms with Crippen LogP contribution in [0.3, 0.4) is 0 Å². The van der Waals surface area contributed by atoms with Crippen LogP contribution in [-0.4, -0.2) is 57.4 Å². The fourth-order valence-electron chi connectivity index (χ4n) is 3.77. The van der Waals surface area contributed by atoms with Crippen molar-refractivity contribution in [1.82, 2.24) is 30.3 Å². The SMILES string of the molecule is CCc1nncn1CCNC(=O)N[C@H]1CCN(C2CCCC2)C1. The van der Waals surface area contributed by atoms with Crippen molar-refractivity contribution in [1.29, 1.82) is 0 Å². The fraction of sp³-hybridized carbons (Fsp3) is 0.812. The lowest BCUT2D eigenvalue weighted by Gasteiger charge is -2.23. The molecule has 2 fully saturated rings. The summed E-state index contributed by atoms with van der Waals surface area (Å²) >= 11 is 0. The van der Waals surface area contributed by atoms with E-state index in [4.69, 9.17) is 0 Å². The first-order chi connectivity index (χ1) is 11.3. The number of nitrogens with zero attached hydrogens (tertiary/aromatic N) is 4. The average Bonchev–Trinajstić information content (AvgIpc) is 3.28. The van der Waals surface area contributed by atoms with E-state index < -0.39 is 0 Å². The highest BCUT2D eigenvalue weighted by atomic mass is 16.2. The summed E-state index contributed by atoms with van der Waals surface area (Å²) in [4.78, 5) is 14.6. The summed E-state index contributed by atoms with van der Waals surface area (Å²) in [5.41, 5.74) is 0. The lowest BCUT2D eigenvalue weighted by Crippen LogP contribution is -2.44. The van der Waals surface area contributed by atoms with Crippen LogP contribution in [0.4, 0.5) is 4.79 Å². The zero-order valence-corrected chi connectivity index (χ0v) is 14.0. The van der Waals surface area contributed by atoms with Crippen molar-refractivity contribution in [3.63, 3.8) is 0 Å².